The first kappa shape index (κ1) is 18.5. The number of ether oxygens (including phenoxy) is 1. The summed E-state index contributed by atoms with van der Waals surface area (Å²) in [7, 11) is 0. The lowest BCUT2D eigenvalue weighted by atomic mass is 9.46. The predicted molar refractivity (Wildman–Crippen MR) is 95.2 cm³/mol. The van der Waals surface area contributed by atoms with Gasteiger partial charge in [0.1, 0.15) is 5.54 Å². The number of halogens is 2. The zero-order valence-corrected chi connectivity index (χ0v) is 15.3. The zero-order valence-electron chi connectivity index (χ0n) is 13.7. The molecule has 2 fully saturated rings. The molecule has 0 radical (unpaired) electrons. The van der Waals surface area contributed by atoms with Gasteiger partial charge < -0.3 is 15.8 Å². The van der Waals surface area contributed by atoms with E-state index in [4.69, 9.17) is 22.1 Å². The molecule has 3 unspecified atom stereocenters. The lowest BCUT2D eigenvalue weighted by Crippen LogP contribution is -2.81. The van der Waals surface area contributed by atoms with E-state index in [0.717, 1.165) is 30.7 Å². The van der Waals surface area contributed by atoms with Crippen LogP contribution < -0.4 is 11.1 Å². The Hall–Kier alpha value is -0.810. The molecule has 3 atom stereocenters. The van der Waals surface area contributed by atoms with Crippen LogP contribution in [-0.4, -0.2) is 24.2 Å². The molecule has 1 aliphatic carbocycles. The van der Waals surface area contributed by atoms with Crippen molar-refractivity contribution in [2.45, 2.75) is 45.3 Å². The van der Waals surface area contributed by atoms with Gasteiger partial charge in [0.25, 0.3) is 0 Å². The van der Waals surface area contributed by atoms with E-state index in [1.165, 1.54) is 0 Å². The summed E-state index contributed by atoms with van der Waals surface area (Å²) in [5, 5.41) is 3.57. The summed E-state index contributed by atoms with van der Waals surface area (Å²) in [6.45, 7) is 6.73. The summed E-state index contributed by atoms with van der Waals surface area (Å²) in [6.07, 6.45) is 1.96. The van der Waals surface area contributed by atoms with Crippen LogP contribution in [0.2, 0.25) is 5.02 Å². The highest BCUT2D eigenvalue weighted by Crippen LogP contribution is 2.57. The highest BCUT2D eigenvalue weighted by atomic mass is 35.5. The number of nitrogens with one attached hydrogen (secondary N) is 1. The average molecular weight is 359 g/mol. The molecule has 1 amide bonds. The second-order valence-corrected chi connectivity index (χ2v) is 7.48. The summed E-state index contributed by atoms with van der Waals surface area (Å²) >= 11 is 6.03. The number of anilines is 1. The Kier molecular flexibility index (Phi) is 5.03. The average Bonchev–Trinajstić information content (AvgIpc) is 2.50. The maximum Gasteiger partial charge on any atom is 0.245 e. The lowest BCUT2D eigenvalue weighted by molar-refractivity contribution is -0.222. The van der Waals surface area contributed by atoms with E-state index in [0.29, 0.717) is 5.02 Å². The Morgan fingerprint density at radius 3 is 2.83 bits per heavy atom. The first-order chi connectivity index (χ1) is 10.3. The summed E-state index contributed by atoms with van der Waals surface area (Å²) in [5.41, 5.74) is 6.99. The van der Waals surface area contributed by atoms with Crippen LogP contribution in [0.25, 0.3) is 0 Å². The summed E-state index contributed by atoms with van der Waals surface area (Å²) in [4.78, 5) is 12.9. The Morgan fingerprint density at radius 2 is 2.13 bits per heavy atom. The molecule has 0 spiro atoms. The monoisotopic (exact) mass is 358 g/mol. The minimum atomic E-state index is -0.910. The van der Waals surface area contributed by atoms with Crippen LogP contribution >= 0.6 is 24.0 Å². The van der Waals surface area contributed by atoms with Crippen LogP contribution in [0.3, 0.4) is 0 Å². The largest absolute Gasteiger partial charge is 0.377 e. The number of nitrogens with two attached hydrogens (primary N) is 1. The SMILES string of the molecule is Cc1ccc(Cl)cc1NC(=O)C1(N)C2CCCOC2C1(C)C.Cl. The number of fused-ring (bicyclic) bond motifs is 1. The van der Waals surface area contributed by atoms with Crippen molar-refractivity contribution in [3.05, 3.63) is 28.8 Å². The van der Waals surface area contributed by atoms with E-state index in [2.05, 4.69) is 5.32 Å². The summed E-state index contributed by atoms with van der Waals surface area (Å²) in [6, 6.07) is 5.46. The molecule has 1 aliphatic heterocycles. The number of benzene rings is 1. The fraction of sp³-hybridized carbons (Fsp3) is 0.588. The van der Waals surface area contributed by atoms with E-state index in [1.807, 2.05) is 32.9 Å². The fourth-order valence-electron chi connectivity index (χ4n) is 3.99. The topological polar surface area (TPSA) is 64.4 Å². The van der Waals surface area contributed by atoms with Crippen LogP contribution in [0.1, 0.15) is 32.3 Å². The number of amides is 1. The van der Waals surface area contributed by atoms with Crippen molar-refractivity contribution < 1.29 is 9.53 Å². The number of rotatable bonds is 2. The van der Waals surface area contributed by atoms with E-state index >= 15 is 0 Å². The van der Waals surface area contributed by atoms with E-state index < -0.39 is 5.54 Å². The number of carbonyl (C=O) groups excluding carboxylic acids is 1. The summed E-state index contributed by atoms with van der Waals surface area (Å²) in [5.74, 6) is -0.0645. The summed E-state index contributed by atoms with van der Waals surface area (Å²) < 4.78 is 5.85. The quantitative estimate of drug-likeness (QED) is 0.849. The third-order valence-corrected chi connectivity index (χ3v) is 5.74. The molecule has 3 N–H and O–H groups in total. The van der Waals surface area contributed by atoms with Crippen molar-refractivity contribution in [3.63, 3.8) is 0 Å². The molecule has 1 aromatic carbocycles. The standard InChI is InChI=1S/C17H23ClN2O2.ClH/c1-10-6-7-11(18)9-13(10)20-15(21)17(19)12-5-4-8-22-14(12)16(17,2)3;/h6-7,9,12,14H,4-5,8,19H2,1-3H3,(H,20,21);1H. The van der Waals surface area contributed by atoms with Gasteiger partial charge in [-0.15, -0.1) is 12.4 Å². The number of carbonyl (C=O) groups is 1. The van der Waals surface area contributed by atoms with Gasteiger partial charge >= 0.3 is 0 Å². The minimum absolute atomic E-state index is 0. The normalized spacial score (nSPS) is 31.3. The molecule has 3 rings (SSSR count). The molecular weight excluding hydrogens is 335 g/mol. The van der Waals surface area contributed by atoms with Gasteiger partial charge in [-0.25, -0.2) is 0 Å². The Bertz CT molecular complexity index is 621. The number of hydrogen-bond donors (Lipinski definition) is 2. The lowest BCUT2D eigenvalue weighted by Gasteiger charge is -2.65. The second kappa shape index (κ2) is 6.25. The van der Waals surface area contributed by atoms with Crippen molar-refractivity contribution in [3.8, 4) is 0 Å². The third kappa shape index (κ3) is 2.66. The van der Waals surface area contributed by atoms with Crippen molar-refractivity contribution in [2.24, 2.45) is 17.1 Å². The molecule has 0 aromatic heterocycles. The van der Waals surface area contributed by atoms with Crippen molar-refractivity contribution in [2.75, 3.05) is 11.9 Å². The molecule has 1 heterocycles. The van der Waals surface area contributed by atoms with E-state index in [1.54, 1.807) is 6.07 Å². The fourth-order valence-corrected chi connectivity index (χ4v) is 4.16. The van der Waals surface area contributed by atoms with Crippen LogP contribution in [0.5, 0.6) is 0 Å². The maximum absolute atomic E-state index is 12.9. The molecular formula is C17H24Cl2N2O2. The molecule has 0 bridgehead atoms. The first-order valence-electron chi connectivity index (χ1n) is 7.76. The van der Waals surface area contributed by atoms with E-state index in [9.17, 15) is 4.79 Å². The smallest absolute Gasteiger partial charge is 0.245 e. The number of aryl methyl sites for hydroxylation is 1. The van der Waals surface area contributed by atoms with Crippen molar-refractivity contribution in [1.29, 1.82) is 0 Å². The zero-order chi connectivity index (χ0) is 16.1. The molecule has 23 heavy (non-hydrogen) atoms. The molecule has 1 saturated carbocycles. The van der Waals surface area contributed by atoms with Gasteiger partial charge in [0.05, 0.1) is 6.10 Å². The molecule has 4 nitrogen and oxygen atoms in total. The van der Waals surface area contributed by atoms with Gasteiger partial charge in [0.15, 0.2) is 0 Å². The predicted octanol–water partition coefficient (Wildman–Crippen LogP) is 3.54. The highest BCUT2D eigenvalue weighted by Gasteiger charge is 2.70. The molecule has 2 aliphatic rings. The van der Waals surface area contributed by atoms with Crippen molar-refractivity contribution >= 4 is 35.6 Å². The third-order valence-electron chi connectivity index (χ3n) is 5.51. The Labute approximate surface area is 148 Å². The second-order valence-electron chi connectivity index (χ2n) is 7.04. The van der Waals surface area contributed by atoms with Gasteiger partial charge in [0.2, 0.25) is 5.91 Å². The van der Waals surface area contributed by atoms with Gasteiger partial charge in [-0.3, -0.25) is 4.79 Å². The maximum atomic E-state index is 12.9. The van der Waals surface area contributed by atoms with Gasteiger partial charge in [-0.05, 0) is 37.5 Å². The van der Waals surface area contributed by atoms with Gasteiger partial charge in [-0.2, -0.15) is 0 Å². The molecule has 1 aromatic rings. The van der Waals surface area contributed by atoms with Crippen LogP contribution in [0, 0.1) is 18.3 Å². The first-order valence-corrected chi connectivity index (χ1v) is 8.14. The Balaban J connectivity index is 0.00000192. The van der Waals surface area contributed by atoms with Crippen LogP contribution in [0.4, 0.5) is 5.69 Å². The minimum Gasteiger partial charge on any atom is -0.377 e. The van der Waals surface area contributed by atoms with Crippen LogP contribution in [0.15, 0.2) is 18.2 Å². The van der Waals surface area contributed by atoms with Gasteiger partial charge in [0, 0.05) is 28.6 Å². The van der Waals surface area contributed by atoms with Crippen LogP contribution in [-0.2, 0) is 9.53 Å². The molecule has 1 saturated heterocycles. The molecule has 128 valence electrons. The van der Waals surface area contributed by atoms with Crippen molar-refractivity contribution in [1.82, 2.24) is 0 Å². The number of hydrogen-bond acceptors (Lipinski definition) is 3. The highest BCUT2D eigenvalue weighted by molar-refractivity contribution is 6.31. The molecule has 6 heteroatoms. The van der Waals surface area contributed by atoms with Gasteiger partial charge in [-0.1, -0.05) is 31.5 Å². The Morgan fingerprint density at radius 1 is 1.43 bits per heavy atom. The van der Waals surface area contributed by atoms with E-state index in [-0.39, 0.29) is 35.8 Å².